The number of amides is 1. The third-order valence-electron chi connectivity index (χ3n) is 4.46. The van der Waals surface area contributed by atoms with Crippen LogP contribution in [0.5, 0.6) is 17.2 Å². The number of imidazole rings is 1. The van der Waals surface area contributed by atoms with Gasteiger partial charge in [0.1, 0.15) is 10.8 Å². The standard InChI is InChI=1S/C21H21ClN4O5/c1-12-5-7-14(8-6-12)26-15(19(22)24-21(26)28)11-23-25-20(27)13-9-16(29-2)18(31-4)17(10-13)30-3/h5-11H,1-4H3,(H,24,28)(H,25,27). The maximum absolute atomic E-state index is 12.6. The fourth-order valence-corrected chi connectivity index (χ4v) is 3.13. The molecule has 0 aliphatic heterocycles. The molecule has 10 heteroatoms. The Morgan fingerprint density at radius 2 is 1.71 bits per heavy atom. The molecular formula is C21H21ClN4O5. The quantitative estimate of drug-likeness (QED) is 0.430. The number of nitrogens with zero attached hydrogens (tertiary/aromatic N) is 2. The molecule has 162 valence electrons. The molecule has 0 radical (unpaired) electrons. The van der Waals surface area contributed by atoms with Gasteiger partial charge in [0.05, 0.1) is 33.2 Å². The number of methoxy groups -OCH3 is 3. The Kier molecular flexibility index (Phi) is 6.66. The minimum absolute atomic E-state index is 0.0939. The van der Waals surface area contributed by atoms with Crippen LogP contribution in [0.4, 0.5) is 0 Å². The monoisotopic (exact) mass is 444 g/mol. The van der Waals surface area contributed by atoms with E-state index in [1.807, 2.05) is 19.1 Å². The van der Waals surface area contributed by atoms with Crippen LogP contribution in [-0.2, 0) is 0 Å². The van der Waals surface area contributed by atoms with Crippen LogP contribution in [-0.4, -0.2) is 43.0 Å². The predicted molar refractivity (Wildman–Crippen MR) is 117 cm³/mol. The largest absolute Gasteiger partial charge is 0.493 e. The van der Waals surface area contributed by atoms with Crippen LogP contribution in [0.2, 0.25) is 5.15 Å². The number of halogens is 1. The molecule has 3 rings (SSSR count). The number of carbonyl (C=O) groups is 1. The molecule has 1 amide bonds. The van der Waals surface area contributed by atoms with Gasteiger partial charge in [0, 0.05) is 5.56 Å². The number of aromatic nitrogens is 2. The van der Waals surface area contributed by atoms with Gasteiger partial charge in [-0.05, 0) is 31.2 Å². The van der Waals surface area contributed by atoms with E-state index in [0.29, 0.717) is 28.6 Å². The summed E-state index contributed by atoms with van der Waals surface area (Å²) in [4.78, 5) is 27.4. The van der Waals surface area contributed by atoms with Gasteiger partial charge in [-0.25, -0.2) is 10.2 Å². The molecule has 0 fully saturated rings. The number of benzene rings is 2. The first-order chi connectivity index (χ1) is 14.9. The van der Waals surface area contributed by atoms with Crippen molar-refractivity contribution in [1.82, 2.24) is 15.0 Å². The molecule has 2 aromatic carbocycles. The van der Waals surface area contributed by atoms with Crippen molar-refractivity contribution in [3.05, 3.63) is 68.9 Å². The Labute approximate surface area is 183 Å². The highest BCUT2D eigenvalue weighted by Crippen LogP contribution is 2.38. The molecule has 0 saturated heterocycles. The van der Waals surface area contributed by atoms with Crippen molar-refractivity contribution in [2.24, 2.45) is 5.10 Å². The maximum atomic E-state index is 12.6. The molecule has 0 spiro atoms. The van der Waals surface area contributed by atoms with Crippen LogP contribution in [0.15, 0.2) is 46.3 Å². The summed E-state index contributed by atoms with van der Waals surface area (Å²) in [6, 6.07) is 10.3. The lowest BCUT2D eigenvalue weighted by Crippen LogP contribution is -2.20. The second-order valence-corrected chi connectivity index (χ2v) is 6.79. The Morgan fingerprint density at radius 1 is 1.10 bits per heavy atom. The molecule has 0 unspecified atom stereocenters. The van der Waals surface area contributed by atoms with E-state index in [9.17, 15) is 9.59 Å². The average Bonchev–Trinajstić information content (AvgIpc) is 3.05. The third kappa shape index (κ3) is 4.56. The first-order valence-electron chi connectivity index (χ1n) is 9.10. The van der Waals surface area contributed by atoms with Crippen LogP contribution in [0.25, 0.3) is 5.69 Å². The molecule has 0 saturated carbocycles. The van der Waals surface area contributed by atoms with E-state index in [2.05, 4.69) is 15.5 Å². The number of carbonyl (C=O) groups excluding carboxylic acids is 1. The Morgan fingerprint density at radius 3 is 2.26 bits per heavy atom. The zero-order valence-corrected chi connectivity index (χ0v) is 18.1. The van der Waals surface area contributed by atoms with E-state index < -0.39 is 11.6 Å². The van der Waals surface area contributed by atoms with E-state index in [4.69, 9.17) is 25.8 Å². The molecule has 9 nitrogen and oxygen atoms in total. The summed E-state index contributed by atoms with van der Waals surface area (Å²) in [5.41, 5.74) is 4.16. The predicted octanol–water partition coefficient (Wildman–Crippen LogP) is 2.92. The highest BCUT2D eigenvalue weighted by atomic mass is 35.5. The molecule has 31 heavy (non-hydrogen) atoms. The van der Waals surface area contributed by atoms with Crippen molar-refractivity contribution >= 4 is 23.7 Å². The topological polar surface area (TPSA) is 107 Å². The zero-order chi connectivity index (χ0) is 22.5. The minimum Gasteiger partial charge on any atom is -0.493 e. The van der Waals surface area contributed by atoms with Gasteiger partial charge in [0.2, 0.25) is 5.75 Å². The van der Waals surface area contributed by atoms with Gasteiger partial charge in [-0.15, -0.1) is 0 Å². The lowest BCUT2D eigenvalue weighted by atomic mass is 10.1. The highest BCUT2D eigenvalue weighted by Gasteiger charge is 2.17. The molecule has 0 aliphatic carbocycles. The molecule has 0 bridgehead atoms. The van der Waals surface area contributed by atoms with Crippen molar-refractivity contribution in [3.8, 4) is 22.9 Å². The minimum atomic E-state index is -0.522. The van der Waals surface area contributed by atoms with E-state index in [0.717, 1.165) is 5.56 Å². The fourth-order valence-electron chi connectivity index (χ4n) is 2.91. The van der Waals surface area contributed by atoms with Crippen LogP contribution >= 0.6 is 11.6 Å². The number of H-pyrrole nitrogens is 1. The smallest absolute Gasteiger partial charge is 0.331 e. The summed E-state index contributed by atoms with van der Waals surface area (Å²) < 4.78 is 17.1. The molecular weight excluding hydrogens is 424 g/mol. The number of ether oxygens (including phenoxy) is 3. The normalized spacial score (nSPS) is 10.9. The number of aryl methyl sites for hydroxylation is 1. The zero-order valence-electron chi connectivity index (χ0n) is 17.4. The van der Waals surface area contributed by atoms with E-state index in [-0.39, 0.29) is 10.7 Å². The van der Waals surface area contributed by atoms with Crippen LogP contribution < -0.4 is 25.3 Å². The maximum Gasteiger partial charge on any atom is 0.331 e. The van der Waals surface area contributed by atoms with Gasteiger partial charge in [-0.2, -0.15) is 5.10 Å². The summed E-state index contributed by atoms with van der Waals surface area (Å²) in [6.45, 7) is 1.94. The van der Waals surface area contributed by atoms with Gasteiger partial charge < -0.3 is 14.2 Å². The number of rotatable bonds is 7. The molecule has 1 aromatic heterocycles. The van der Waals surface area contributed by atoms with Crippen LogP contribution in [0, 0.1) is 6.92 Å². The number of hydrogen-bond acceptors (Lipinski definition) is 6. The average molecular weight is 445 g/mol. The summed E-state index contributed by atoms with van der Waals surface area (Å²) >= 11 is 6.15. The summed E-state index contributed by atoms with van der Waals surface area (Å²) in [5, 5.41) is 4.04. The van der Waals surface area contributed by atoms with Crippen molar-refractivity contribution in [3.63, 3.8) is 0 Å². The van der Waals surface area contributed by atoms with Gasteiger partial charge >= 0.3 is 5.69 Å². The van der Waals surface area contributed by atoms with Crippen LogP contribution in [0.3, 0.4) is 0 Å². The summed E-state index contributed by atoms with van der Waals surface area (Å²) in [7, 11) is 4.38. The molecule has 3 aromatic rings. The number of nitrogens with one attached hydrogen (secondary N) is 2. The molecule has 2 N–H and O–H groups in total. The van der Waals surface area contributed by atoms with Crippen molar-refractivity contribution in [2.45, 2.75) is 6.92 Å². The van der Waals surface area contributed by atoms with Crippen LogP contribution in [0.1, 0.15) is 21.6 Å². The van der Waals surface area contributed by atoms with Gasteiger partial charge in [0.15, 0.2) is 11.5 Å². The Bertz CT molecular complexity index is 1160. The number of hydrogen-bond donors (Lipinski definition) is 2. The second kappa shape index (κ2) is 9.40. The summed E-state index contributed by atoms with van der Waals surface area (Å²) in [6.07, 6.45) is 1.29. The Balaban J connectivity index is 1.87. The first kappa shape index (κ1) is 22.0. The number of hydrazone groups is 1. The highest BCUT2D eigenvalue weighted by molar-refractivity contribution is 6.31. The van der Waals surface area contributed by atoms with Crippen molar-refractivity contribution in [2.75, 3.05) is 21.3 Å². The lowest BCUT2D eigenvalue weighted by molar-refractivity contribution is 0.0954. The number of aromatic amines is 1. The lowest BCUT2D eigenvalue weighted by Gasteiger charge is -2.13. The van der Waals surface area contributed by atoms with E-state index >= 15 is 0 Å². The van der Waals surface area contributed by atoms with E-state index in [1.165, 1.54) is 44.2 Å². The second-order valence-electron chi connectivity index (χ2n) is 6.41. The fraction of sp³-hybridized carbons (Fsp3) is 0.190. The summed E-state index contributed by atoms with van der Waals surface area (Å²) in [5.74, 6) is 0.508. The SMILES string of the molecule is COc1cc(C(=O)NN=Cc2c(Cl)[nH]c(=O)n2-c2ccc(C)cc2)cc(OC)c1OC. The Hall–Kier alpha value is -3.72. The van der Waals surface area contributed by atoms with Gasteiger partial charge in [-0.1, -0.05) is 29.3 Å². The first-order valence-corrected chi connectivity index (χ1v) is 9.48. The van der Waals surface area contributed by atoms with Gasteiger partial charge in [0.25, 0.3) is 5.91 Å². The molecule has 0 atom stereocenters. The van der Waals surface area contributed by atoms with Crippen molar-refractivity contribution in [1.29, 1.82) is 0 Å². The van der Waals surface area contributed by atoms with Gasteiger partial charge in [-0.3, -0.25) is 14.3 Å². The van der Waals surface area contributed by atoms with E-state index in [1.54, 1.807) is 12.1 Å². The molecule has 0 aliphatic rings. The molecule has 1 heterocycles. The third-order valence-corrected chi connectivity index (χ3v) is 4.75. The van der Waals surface area contributed by atoms with Crippen molar-refractivity contribution < 1.29 is 19.0 Å².